The highest BCUT2D eigenvalue weighted by molar-refractivity contribution is 7.80. The van der Waals surface area contributed by atoms with Gasteiger partial charge in [-0.3, -0.25) is 0 Å². The molecule has 1 aromatic carbocycles. The summed E-state index contributed by atoms with van der Waals surface area (Å²) in [5, 5.41) is 7.62. The van der Waals surface area contributed by atoms with Gasteiger partial charge in [0.15, 0.2) is 5.11 Å². The molecule has 0 heterocycles. The van der Waals surface area contributed by atoms with Gasteiger partial charge in [-0.15, -0.1) is 0 Å². The third-order valence-corrected chi connectivity index (χ3v) is 4.30. The van der Waals surface area contributed by atoms with Crippen LogP contribution in [0.2, 0.25) is 0 Å². The Morgan fingerprint density at radius 1 is 1.05 bits per heavy atom. The van der Waals surface area contributed by atoms with Crippen LogP contribution in [0.25, 0.3) is 0 Å². The largest absolute Gasteiger partial charge is 0.360 e. The van der Waals surface area contributed by atoms with Gasteiger partial charge < -0.3 is 10.6 Å². The van der Waals surface area contributed by atoms with Crippen molar-refractivity contribution in [1.82, 2.24) is 5.32 Å². The van der Waals surface area contributed by atoms with Crippen LogP contribution in [0.15, 0.2) is 18.2 Å². The van der Waals surface area contributed by atoms with Gasteiger partial charge in [-0.05, 0) is 56.1 Å². The lowest BCUT2D eigenvalue weighted by Crippen LogP contribution is -2.38. The fraction of sp³-hybridized carbons (Fsp3) is 0.588. The van der Waals surface area contributed by atoms with Crippen molar-refractivity contribution in [3.63, 3.8) is 0 Å². The zero-order valence-electron chi connectivity index (χ0n) is 12.7. The Balaban J connectivity index is 1.89. The molecule has 110 valence electrons. The average molecular weight is 290 g/mol. The molecule has 2 N–H and O–H groups in total. The molecule has 0 unspecified atom stereocenters. The molecule has 1 aliphatic rings. The lowest BCUT2D eigenvalue weighted by atomic mass is 9.97. The fourth-order valence-electron chi connectivity index (χ4n) is 2.81. The highest BCUT2D eigenvalue weighted by atomic mass is 32.1. The van der Waals surface area contributed by atoms with Crippen LogP contribution in [0.1, 0.15) is 56.1 Å². The first-order valence-electron chi connectivity index (χ1n) is 7.80. The summed E-state index contributed by atoms with van der Waals surface area (Å²) < 4.78 is 0. The minimum atomic E-state index is 0.542. The molecule has 0 radical (unpaired) electrons. The van der Waals surface area contributed by atoms with Crippen LogP contribution < -0.4 is 10.6 Å². The van der Waals surface area contributed by atoms with E-state index >= 15 is 0 Å². The first-order valence-corrected chi connectivity index (χ1v) is 8.21. The van der Waals surface area contributed by atoms with Gasteiger partial charge in [0.25, 0.3) is 0 Å². The Morgan fingerprint density at radius 2 is 1.70 bits per heavy atom. The summed E-state index contributed by atoms with van der Waals surface area (Å²) in [5.41, 5.74) is 3.61. The van der Waals surface area contributed by atoms with Crippen molar-refractivity contribution >= 4 is 23.0 Å². The van der Waals surface area contributed by atoms with Crippen molar-refractivity contribution < 1.29 is 0 Å². The summed E-state index contributed by atoms with van der Waals surface area (Å²) >= 11 is 5.48. The molecule has 0 saturated heterocycles. The predicted molar refractivity (Wildman–Crippen MR) is 91.4 cm³/mol. The first-order chi connectivity index (χ1) is 9.65. The number of nitrogens with one attached hydrogen (secondary N) is 2. The second kappa shape index (κ2) is 7.63. The van der Waals surface area contributed by atoms with Crippen LogP contribution in [-0.4, -0.2) is 11.2 Å². The van der Waals surface area contributed by atoms with Gasteiger partial charge in [0.2, 0.25) is 0 Å². The normalized spacial score (nSPS) is 17.1. The van der Waals surface area contributed by atoms with Crippen LogP contribution >= 0.6 is 12.2 Å². The number of hydrogen-bond acceptors (Lipinski definition) is 1. The number of thiocarbonyl (C=S) groups is 1. The molecule has 1 fully saturated rings. The van der Waals surface area contributed by atoms with Crippen LogP contribution in [-0.2, 0) is 0 Å². The zero-order valence-corrected chi connectivity index (χ0v) is 13.5. The molecule has 2 rings (SSSR count). The van der Waals surface area contributed by atoms with E-state index in [1.165, 1.54) is 56.1 Å². The maximum absolute atomic E-state index is 5.48. The van der Waals surface area contributed by atoms with E-state index in [0.717, 1.165) is 10.8 Å². The quantitative estimate of drug-likeness (QED) is 0.772. The summed E-state index contributed by atoms with van der Waals surface area (Å²) in [6, 6.07) is 6.96. The van der Waals surface area contributed by atoms with Gasteiger partial charge in [-0.1, -0.05) is 44.2 Å². The molecule has 0 bridgehead atoms. The van der Waals surface area contributed by atoms with Crippen molar-refractivity contribution in [1.29, 1.82) is 0 Å². The Kier molecular flexibility index (Phi) is 5.84. The van der Waals surface area contributed by atoms with E-state index in [9.17, 15) is 0 Å². The number of aryl methyl sites for hydroxylation is 2. The summed E-state index contributed by atoms with van der Waals surface area (Å²) in [6.07, 6.45) is 9.28. The average Bonchev–Trinajstić information content (AvgIpc) is 2.37. The van der Waals surface area contributed by atoms with Gasteiger partial charge in [0.1, 0.15) is 0 Å². The van der Waals surface area contributed by atoms with Gasteiger partial charge >= 0.3 is 0 Å². The molecule has 0 amide bonds. The Bertz CT molecular complexity index is 448. The van der Waals surface area contributed by atoms with Gasteiger partial charge in [0.05, 0.1) is 0 Å². The first kappa shape index (κ1) is 15.3. The van der Waals surface area contributed by atoms with Crippen molar-refractivity contribution in [3.05, 3.63) is 29.3 Å². The minimum absolute atomic E-state index is 0.542. The van der Waals surface area contributed by atoms with Crippen molar-refractivity contribution in [2.75, 3.05) is 5.32 Å². The van der Waals surface area contributed by atoms with Gasteiger partial charge in [-0.25, -0.2) is 0 Å². The molecular formula is C17H26N2S. The van der Waals surface area contributed by atoms with E-state index in [4.69, 9.17) is 12.2 Å². The lowest BCUT2D eigenvalue weighted by molar-refractivity contribution is 0.430. The smallest absolute Gasteiger partial charge is 0.171 e. The number of hydrogen-bond donors (Lipinski definition) is 2. The summed E-state index contributed by atoms with van der Waals surface area (Å²) in [6.45, 7) is 4.22. The molecule has 3 heteroatoms. The second-order valence-electron chi connectivity index (χ2n) is 5.96. The van der Waals surface area contributed by atoms with Gasteiger partial charge in [-0.2, -0.15) is 0 Å². The Labute approximate surface area is 128 Å². The molecule has 0 aromatic heterocycles. The molecular weight excluding hydrogens is 264 g/mol. The van der Waals surface area contributed by atoms with Crippen LogP contribution in [0.3, 0.4) is 0 Å². The number of rotatable bonds is 2. The molecule has 2 nitrogen and oxygen atoms in total. The van der Waals surface area contributed by atoms with Gasteiger partial charge in [0, 0.05) is 11.7 Å². The maximum atomic E-state index is 5.48. The van der Waals surface area contributed by atoms with Crippen molar-refractivity contribution in [2.24, 2.45) is 0 Å². The monoisotopic (exact) mass is 290 g/mol. The molecule has 0 atom stereocenters. The third kappa shape index (κ3) is 4.78. The molecule has 1 aromatic rings. The standard InChI is InChI=1S/C17H26N2S/c1-13-10-11-14(2)16(12-13)19-17(20)18-15-8-6-4-3-5-7-9-15/h10-12,15H,3-9H2,1-2H3,(H2,18,19,20). The number of anilines is 1. The Morgan fingerprint density at radius 3 is 2.40 bits per heavy atom. The van der Waals surface area contributed by atoms with Crippen molar-refractivity contribution in [3.8, 4) is 0 Å². The van der Waals surface area contributed by atoms with Crippen molar-refractivity contribution in [2.45, 2.75) is 64.8 Å². The highest BCUT2D eigenvalue weighted by Gasteiger charge is 2.12. The molecule has 1 saturated carbocycles. The highest BCUT2D eigenvalue weighted by Crippen LogP contribution is 2.19. The topological polar surface area (TPSA) is 24.1 Å². The van der Waals surface area contributed by atoms with E-state index in [1.807, 2.05) is 0 Å². The van der Waals surface area contributed by atoms with E-state index in [-0.39, 0.29) is 0 Å². The van der Waals surface area contributed by atoms with E-state index in [2.05, 4.69) is 42.7 Å². The fourth-order valence-corrected chi connectivity index (χ4v) is 3.09. The van der Waals surface area contributed by atoms with Crippen LogP contribution in [0, 0.1) is 13.8 Å². The third-order valence-electron chi connectivity index (χ3n) is 4.08. The molecule has 0 spiro atoms. The van der Waals surface area contributed by atoms with E-state index in [1.54, 1.807) is 0 Å². The van der Waals surface area contributed by atoms with Crippen LogP contribution in [0.5, 0.6) is 0 Å². The predicted octanol–water partition coefficient (Wildman–Crippen LogP) is 4.70. The molecule has 20 heavy (non-hydrogen) atoms. The lowest BCUT2D eigenvalue weighted by Gasteiger charge is -2.23. The number of benzene rings is 1. The Hall–Kier alpha value is -1.09. The van der Waals surface area contributed by atoms with E-state index < -0.39 is 0 Å². The zero-order chi connectivity index (χ0) is 14.4. The van der Waals surface area contributed by atoms with Crippen LogP contribution in [0.4, 0.5) is 5.69 Å². The van der Waals surface area contributed by atoms with E-state index in [0.29, 0.717) is 6.04 Å². The molecule has 0 aliphatic heterocycles. The second-order valence-corrected chi connectivity index (χ2v) is 6.37. The molecule has 1 aliphatic carbocycles. The maximum Gasteiger partial charge on any atom is 0.171 e. The minimum Gasteiger partial charge on any atom is -0.360 e. The summed E-state index contributed by atoms with van der Waals surface area (Å²) in [4.78, 5) is 0. The summed E-state index contributed by atoms with van der Waals surface area (Å²) in [5.74, 6) is 0. The summed E-state index contributed by atoms with van der Waals surface area (Å²) in [7, 11) is 0. The SMILES string of the molecule is Cc1ccc(C)c(NC(=S)NC2CCCCCCC2)c1.